The fourth-order valence-corrected chi connectivity index (χ4v) is 8.15. The lowest BCUT2D eigenvalue weighted by atomic mass is 10.0. The summed E-state index contributed by atoms with van der Waals surface area (Å²) in [4.78, 5) is 0. The molecule has 3 nitrogen and oxygen atoms in total. The van der Waals surface area contributed by atoms with Crippen molar-refractivity contribution in [2.45, 2.75) is 20.8 Å². The third-order valence-corrected chi connectivity index (χ3v) is 10.5. The number of nitrogens with zero attached hydrogens (tertiary/aromatic N) is 2. The topological polar surface area (TPSA) is 23.0 Å². The second kappa shape index (κ2) is 14.6. The van der Waals surface area contributed by atoms with Crippen molar-refractivity contribution in [1.29, 1.82) is 0 Å². The summed E-state index contributed by atoms with van der Waals surface area (Å²) < 4.78 is 11.2. The van der Waals surface area contributed by atoms with Crippen molar-refractivity contribution in [2.24, 2.45) is 0 Å². The van der Waals surface area contributed by atoms with Crippen molar-refractivity contribution in [3.8, 4) is 33.6 Å². The van der Waals surface area contributed by atoms with Gasteiger partial charge < -0.3 is 13.6 Å². The first-order valence-electron chi connectivity index (χ1n) is 19.4. The molecule has 0 saturated heterocycles. The number of para-hydroxylation sites is 2. The Balaban J connectivity index is 0.000000784. The number of allylic oxidation sites excluding steroid dienone is 1. The Kier molecular flexibility index (Phi) is 9.05. The fourth-order valence-electron chi connectivity index (χ4n) is 8.15. The lowest BCUT2D eigenvalue weighted by molar-refractivity contribution is 0.669. The molecular weight excluding hydrogens is 681 g/mol. The molecule has 0 amide bonds. The van der Waals surface area contributed by atoms with Gasteiger partial charge in [0.15, 0.2) is 0 Å². The van der Waals surface area contributed by atoms with Gasteiger partial charge >= 0.3 is 0 Å². The number of furan rings is 1. The zero-order valence-electron chi connectivity index (χ0n) is 31.9. The summed E-state index contributed by atoms with van der Waals surface area (Å²) in [5.41, 5.74) is 13.6. The first kappa shape index (κ1) is 34.7. The molecule has 11 aromatic rings. The van der Waals surface area contributed by atoms with Gasteiger partial charge in [-0.05, 0) is 102 Å². The molecule has 0 atom stereocenters. The van der Waals surface area contributed by atoms with Gasteiger partial charge in [0, 0.05) is 43.7 Å². The first-order chi connectivity index (χ1) is 27.7. The second-order valence-electron chi connectivity index (χ2n) is 13.8. The molecule has 11 rings (SSSR count). The maximum Gasteiger partial charge on any atom is 0.135 e. The number of aromatic nitrogens is 2. The van der Waals surface area contributed by atoms with Gasteiger partial charge in [-0.3, -0.25) is 0 Å². The molecular formula is C53H42N2O. The molecule has 0 aliphatic rings. The fraction of sp³-hybridized carbons (Fsp3) is 0.0566. The maximum absolute atomic E-state index is 6.46. The summed E-state index contributed by atoms with van der Waals surface area (Å²) in [6, 6.07) is 65.5. The van der Waals surface area contributed by atoms with E-state index < -0.39 is 0 Å². The Morgan fingerprint density at radius 3 is 1.18 bits per heavy atom. The van der Waals surface area contributed by atoms with Crippen molar-refractivity contribution in [1.82, 2.24) is 9.13 Å². The third kappa shape index (κ3) is 5.77. The molecule has 8 aromatic carbocycles. The van der Waals surface area contributed by atoms with E-state index in [0.717, 1.165) is 33.3 Å². The minimum atomic E-state index is 0.882. The van der Waals surface area contributed by atoms with Gasteiger partial charge in [-0.25, -0.2) is 0 Å². The molecule has 56 heavy (non-hydrogen) atoms. The number of hydrogen-bond donors (Lipinski definition) is 0. The Hall–Kier alpha value is -7.10. The Bertz CT molecular complexity index is 2970. The average molecular weight is 723 g/mol. The summed E-state index contributed by atoms with van der Waals surface area (Å²) in [7, 11) is 0. The van der Waals surface area contributed by atoms with Gasteiger partial charge in [-0.1, -0.05) is 129 Å². The van der Waals surface area contributed by atoms with Crippen LogP contribution in [0.4, 0.5) is 0 Å². The zero-order valence-corrected chi connectivity index (χ0v) is 31.9. The largest absolute Gasteiger partial charge is 0.456 e. The number of rotatable bonds is 4. The van der Waals surface area contributed by atoms with E-state index >= 15 is 0 Å². The van der Waals surface area contributed by atoms with Crippen LogP contribution in [-0.2, 0) is 0 Å². The minimum Gasteiger partial charge on any atom is -0.456 e. The molecule has 0 bridgehead atoms. The molecule has 0 fully saturated rings. The minimum absolute atomic E-state index is 0.882. The van der Waals surface area contributed by atoms with Crippen molar-refractivity contribution >= 4 is 65.6 Å². The van der Waals surface area contributed by atoms with E-state index in [1.165, 1.54) is 65.9 Å². The quantitative estimate of drug-likeness (QED) is 0.166. The van der Waals surface area contributed by atoms with E-state index in [-0.39, 0.29) is 0 Å². The van der Waals surface area contributed by atoms with Gasteiger partial charge in [0.05, 0.1) is 22.1 Å². The van der Waals surface area contributed by atoms with Crippen molar-refractivity contribution in [2.75, 3.05) is 0 Å². The van der Waals surface area contributed by atoms with Gasteiger partial charge in [-0.2, -0.15) is 0 Å². The Morgan fingerprint density at radius 1 is 0.375 bits per heavy atom. The predicted octanol–water partition coefficient (Wildman–Crippen LogP) is 15.3. The smallest absolute Gasteiger partial charge is 0.135 e. The molecule has 0 spiro atoms. The highest BCUT2D eigenvalue weighted by Gasteiger charge is 2.18. The summed E-state index contributed by atoms with van der Waals surface area (Å²) in [6.45, 7) is 9.25. The van der Waals surface area contributed by atoms with Crippen LogP contribution >= 0.6 is 0 Å². The zero-order chi connectivity index (χ0) is 38.2. The van der Waals surface area contributed by atoms with E-state index in [1.807, 2.05) is 20.8 Å². The van der Waals surface area contributed by atoms with Crippen molar-refractivity contribution in [3.05, 3.63) is 195 Å². The number of hydrogen-bond acceptors (Lipinski definition) is 1. The second-order valence-corrected chi connectivity index (χ2v) is 13.8. The molecule has 0 aliphatic carbocycles. The van der Waals surface area contributed by atoms with Crippen LogP contribution < -0.4 is 0 Å². The molecule has 0 unspecified atom stereocenters. The lowest BCUT2D eigenvalue weighted by Crippen LogP contribution is -1.94. The molecule has 3 heterocycles. The molecule has 0 radical (unpaired) electrons. The highest BCUT2D eigenvalue weighted by atomic mass is 16.3. The van der Waals surface area contributed by atoms with Crippen LogP contribution in [0.5, 0.6) is 0 Å². The molecule has 0 N–H and O–H groups in total. The Labute approximate surface area is 327 Å². The van der Waals surface area contributed by atoms with Gasteiger partial charge in [0.25, 0.3) is 0 Å². The maximum atomic E-state index is 6.46. The van der Waals surface area contributed by atoms with Crippen LogP contribution in [0, 0.1) is 0 Å². The summed E-state index contributed by atoms with van der Waals surface area (Å²) >= 11 is 0. The molecule has 0 aliphatic heterocycles. The van der Waals surface area contributed by atoms with Crippen LogP contribution in [0.2, 0.25) is 0 Å². The lowest BCUT2D eigenvalue weighted by Gasteiger charge is -2.10. The van der Waals surface area contributed by atoms with Gasteiger partial charge in [-0.15, -0.1) is 6.58 Å². The van der Waals surface area contributed by atoms with Crippen LogP contribution in [0.15, 0.2) is 199 Å². The van der Waals surface area contributed by atoms with E-state index in [0.29, 0.717) is 0 Å². The Morgan fingerprint density at radius 2 is 0.750 bits per heavy atom. The first-order valence-corrected chi connectivity index (χ1v) is 19.4. The van der Waals surface area contributed by atoms with Gasteiger partial charge in [0.1, 0.15) is 11.2 Å². The van der Waals surface area contributed by atoms with E-state index in [2.05, 4.69) is 198 Å². The highest BCUT2D eigenvalue weighted by Crippen LogP contribution is 2.39. The van der Waals surface area contributed by atoms with Crippen molar-refractivity contribution < 1.29 is 4.42 Å². The third-order valence-electron chi connectivity index (χ3n) is 10.5. The summed E-state index contributed by atoms with van der Waals surface area (Å²) in [5.74, 6) is 0. The van der Waals surface area contributed by atoms with Crippen LogP contribution in [-0.4, -0.2) is 9.13 Å². The van der Waals surface area contributed by atoms with Crippen LogP contribution in [0.3, 0.4) is 0 Å². The summed E-state index contributed by atoms with van der Waals surface area (Å²) in [5, 5.41) is 7.17. The van der Waals surface area contributed by atoms with E-state index in [1.54, 1.807) is 6.08 Å². The van der Waals surface area contributed by atoms with Gasteiger partial charge in [0.2, 0.25) is 0 Å². The molecule has 270 valence electrons. The number of fused-ring (bicyclic) bond motifs is 9. The predicted molar refractivity (Wildman–Crippen MR) is 240 cm³/mol. The summed E-state index contributed by atoms with van der Waals surface area (Å²) in [6.07, 6.45) is 1.75. The SMILES string of the molecule is C=CC.CC.c1ccc(-c2ccc3c(c2)c2ccccc2n3-c2ccc3oc4ccc(-n5c6ccccc6c6cc(-c7ccccc7)ccc65)cc4c3c2)cc1. The van der Waals surface area contributed by atoms with Crippen LogP contribution in [0.1, 0.15) is 20.8 Å². The molecule has 0 saturated carbocycles. The van der Waals surface area contributed by atoms with E-state index in [9.17, 15) is 0 Å². The highest BCUT2D eigenvalue weighted by molar-refractivity contribution is 6.13. The average Bonchev–Trinajstić information content (AvgIpc) is 3.92. The monoisotopic (exact) mass is 722 g/mol. The molecule has 3 aromatic heterocycles. The van der Waals surface area contributed by atoms with E-state index in [4.69, 9.17) is 4.42 Å². The van der Waals surface area contributed by atoms with Crippen LogP contribution in [0.25, 0.3) is 99.2 Å². The molecule has 3 heteroatoms. The normalized spacial score (nSPS) is 11.2. The van der Waals surface area contributed by atoms with Crippen molar-refractivity contribution in [3.63, 3.8) is 0 Å². The standard InChI is InChI=1S/C48H30N2O.C3H6.C2H6/c1-3-11-31(12-4-1)33-19-23-45-39(27-33)37-15-7-9-17-43(37)49(45)35-21-25-47-41(29-35)42-30-36(22-26-48(42)51-47)50-44-18-10-8-16-38(44)40-28-34(20-24-46(40)50)32-13-5-2-6-14-32;1-3-2;1-2/h1-30H;3H,1H2,2H3;1-2H3. The number of benzene rings is 8.